The van der Waals surface area contributed by atoms with Crippen LogP contribution in [-0.2, 0) is 25.7 Å². The molecule has 0 unspecified atom stereocenters. The van der Waals surface area contributed by atoms with Crippen molar-refractivity contribution < 1.29 is 17.9 Å². The van der Waals surface area contributed by atoms with Gasteiger partial charge < -0.3 is 4.74 Å². The molecular weight excluding hydrogens is 297 g/mol. The predicted molar refractivity (Wildman–Crippen MR) is 64.1 cm³/mol. The lowest BCUT2D eigenvalue weighted by Crippen LogP contribution is -2.10. The number of halogens is 4. The van der Waals surface area contributed by atoms with Crippen LogP contribution in [-0.4, -0.2) is 20.2 Å². The molecule has 0 N–H and O–H groups in total. The van der Waals surface area contributed by atoms with E-state index < -0.39 is 11.7 Å². The largest absolute Gasteiger partial charge is 0.485 e. The molecule has 1 aromatic heterocycles. The van der Waals surface area contributed by atoms with Crippen molar-refractivity contribution in [1.82, 2.24) is 20.2 Å². The number of tetrazole rings is 1. The molecule has 2 aromatic rings. The minimum atomic E-state index is -4.52. The van der Waals surface area contributed by atoms with Crippen LogP contribution in [0.3, 0.4) is 0 Å². The molecule has 0 radical (unpaired) electrons. The van der Waals surface area contributed by atoms with Crippen molar-refractivity contribution in [3.05, 3.63) is 35.2 Å². The highest BCUT2D eigenvalue weighted by molar-refractivity contribution is 6.17. The van der Waals surface area contributed by atoms with Crippen molar-refractivity contribution in [2.75, 3.05) is 0 Å². The molecule has 0 spiro atoms. The number of aromatic nitrogens is 4. The average molecular weight is 307 g/mol. The molecule has 0 bridgehead atoms. The number of nitrogens with zero attached hydrogens (tertiary/aromatic N) is 4. The predicted octanol–water partition coefficient (Wildman–Crippen LogP) is 2.55. The van der Waals surface area contributed by atoms with Gasteiger partial charge in [-0.2, -0.15) is 18.0 Å². The van der Waals surface area contributed by atoms with Gasteiger partial charge in [-0.1, -0.05) is 6.07 Å². The molecule has 108 valence electrons. The lowest BCUT2D eigenvalue weighted by atomic mass is 10.1. The van der Waals surface area contributed by atoms with Gasteiger partial charge in [-0.15, -0.1) is 21.8 Å². The van der Waals surface area contributed by atoms with Gasteiger partial charge in [0.05, 0.1) is 12.6 Å². The summed E-state index contributed by atoms with van der Waals surface area (Å²) < 4.78 is 43.9. The molecule has 0 saturated heterocycles. The molecule has 0 saturated carbocycles. The third-order valence-electron chi connectivity index (χ3n) is 2.41. The first kappa shape index (κ1) is 14.6. The maximum Gasteiger partial charge on any atom is 0.419 e. The van der Waals surface area contributed by atoms with Crippen LogP contribution < -0.4 is 4.74 Å². The van der Waals surface area contributed by atoms with Gasteiger partial charge in [0.2, 0.25) is 5.82 Å². The van der Waals surface area contributed by atoms with Crippen molar-refractivity contribution in [2.45, 2.75) is 18.7 Å². The Bertz CT molecular complexity index is 600. The van der Waals surface area contributed by atoms with Gasteiger partial charge in [0, 0.05) is 5.88 Å². The summed E-state index contributed by atoms with van der Waals surface area (Å²) in [6.45, 7) is -0.197. The lowest BCUT2D eigenvalue weighted by Gasteiger charge is -2.14. The molecule has 0 aliphatic heterocycles. The zero-order chi connectivity index (χ0) is 14.8. The first-order valence-corrected chi connectivity index (χ1v) is 6.05. The Kier molecular flexibility index (Phi) is 4.12. The van der Waals surface area contributed by atoms with Crippen LogP contribution in [0.15, 0.2) is 18.2 Å². The van der Waals surface area contributed by atoms with Crippen LogP contribution in [0.4, 0.5) is 13.2 Å². The van der Waals surface area contributed by atoms with Gasteiger partial charge in [0.1, 0.15) is 5.75 Å². The zero-order valence-electron chi connectivity index (χ0n) is 10.4. The maximum atomic E-state index is 12.9. The monoisotopic (exact) mass is 306 g/mol. The van der Waals surface area contributed by atoms with Crippen molar-refractivity contribution in [3.63, 3.8) is 0 Å². The number of rotatable bonds is 4. The fraction of sp³-hybridized carbons (Fsp3) is 0.364. The molecule has 0 atom stereocenters. The zero-order valence-corrected chi connectivity index (χ0v) is 11.1. The number of aryl methyl sites for hydroxylation is 1. The van der Waals surface area contributed by atoms with Gasteiger partial charge >= 0.3 is 6.18 Å². The van der Waals surface area contributed by atoms with Crippen LogP contribution >= 0.6 is 11.6 Å². The van der Waals surface area contributed by atoms with E-state index in [-0.39, 0.29) is 24.1 Å². The van der Waals surface area contributed by atoms with Crippen molar-refractivity contribution >= 4 is 11.6 Å². The normalized spacial score (nSPS) is 11.7. The fourth-order valence-electron chi connectivity index (χ4n) is 1.53. The molecule has 9 heteroatoms. The first-order chi connectivity index (χ1) is 9.40. The second-order valence-electron chi connectivity index (χ2n) is 3.95. The van der Waals surface area contributed by atoms with E-state index in [2.05, 4.69) is 15.4 Å². The number of alkyl halides is 4. The topological polar surface area (TPSA) is 52.8 Å². The second-order valence-corrected chi connectivity index (χ2v) is 4.21. The lowest BCUT2D eigenvalue weighted by molar-refractivity contribution is -0.139. The minimum Gasteiger partial charge on any atom is -0.485 e. The van der Waals surface area contributed by atoms with Gasteiger partial charge in [-0.05, 0) is 22.9 Å². The molecule has 20 heavy (non-hydrogen) atoms. The number of hydrogen-bond acceptors (Lipinski definition) is 4. The Morgan fingerprint density at radius 1 is 1.35 bits per heavy atom. The Balaban J connectivity index is 2.22. The Morgan fingerprint density at radius 3 is 2.65 bits per heavy atom. The third kappa shape index (κ3) is 3.38. The van der Waals surface area contributed by atoms with Crippen LogP contribution in [0.25, 0.3) is 0 Å². The summed E-state index contributed by atoms with van der Waals surface area (Å²) >= 11 is 5.54. The van der Waals surface area contributed by atoms with E-state index in [0.29, 0.717) is 5.56 Å². The molecule has 0 amide bonds. The van der Waals surface area contributed by atoms with E-state index >= 15 is 0 Å². The van der Waals surface area contributed by atoms with Gasteiger partial charge in [0.15, 0.2) is 6.61 Å². The van der Waals surface area contributed by atoms with E-state index in [0.717, 1.165) is 6.07 Å². The van der Waals surface area contributed by atoms with Crippen molar-refractivity contribution in [2.24, 2.45) is 7.05 Å². The molecule has 0 fully saturated rings. The standard InChI is InChI=1S/C11H10ClF3N4O/c1-19-17-10(16-18-19)6-20-9-3-2-7(5-12)4-8(9)11(13,14)15/h2-4H,5-6H2,1H3. The molecular formula is C11H10ClF3N4O. The smallest absolute Gasteiger partial charge is 0.419 e. The van der Waals surface area contributed by atoms with Crippen molar-refractivity contribution in [1.29, 1.82) is 0 Å². The van der Waals surface area contributed by atoms with Crippen LogP contribution in [0.1, 0.15) is 17.0 Å². The summed E-state index contributed by atoms with van der Waals surface area (Å²) in [4.78, 5) is 1.19. The number of ether oxygens (including phenoxy) is 1. The number of hydrogen-bond donors (Lipinski definition) is 0. The Labute approximate surface area is 117 Å². The number of benzene rings is 1. The first-order valence-electron chi connectivity index (χ1n) is 5.52. The van der Waals surface area contributed by atoms with Gasteiger partial charge in [-0.25, -0.2) is 0 Å². The van der Waals surface area contributed by atoms with Gasteiger partial charge in [0.25, 0.3) is 0 Å². The van der Waals surface area contributed by atoms with Crippen LogP contribution in [0, 0.1) is 0 Å². The molecule has 0 aliphatic rings. The molecule has 2 rings (SSSR count). The molecule has 1 aromatic carbocycles. The fourth-order valence-corrected chi connectivity index (χ4v) is 1.70. The summed E-state index contributed by atoms with van der Waals surface area (Å²) in [5, 5.41) is 11.0. The van der Waals surface area contributed by atoms with Gasteiger partial charge in [-0.3, -0.25) is 0 Å². The summed E-state index contributed by atoms with van der Waals surface area (Å²) in [5.41, 5.74) is -0.511. The Hall–Kier alpha value is -1.83. The Morgan fingerprint density at radius 2 is 2.10 bits per heavy atom. The summed E-state index contributed by atoms with van der Waals surface area (Å²) in [7, 11) is 1.55. The third-order valence-corrected chi connectivity index (χ3v) is 2.72. The molecule has 0 aliphatic carbocycles. The van der Waals surface area contributed by atoms with Crippen molar-refractivity contribution in [3.8, 4) is 5.75 Å². The van der Waals surface area contributed by atoms with E-state index in [1.807, 2.05) is 0 Å². The van der Waals surface area contributed by atoms with E-state index in [1.165, 1.54) is 16.9 Å². The highest BCUT2D eigenvalue weighted by Crippen LogP contribution is 2.37. The summed E-state index contributed by atoms with van der Waals surface area (Å²) in [6.07, 6.45) is -4.52. The highest BCUT2D eigenvalue weighted by atomic mass is 35.5. The molecule has 5 nitrogen and oxygen atoms in total. The minimum absolute atomic E-state index is 0.00488. The average Bonchev–Trinajstić information content (AvgIpc) is 2.81. The van der Waals surface area contributed by atoms with E-state index in [4.69, 9.17) is 16.3 Å². The SMILES string of the molecule is Cn1nnc(COc2ccc(CCl)cc2C(F)(F)F)n1. The molecule has 1 heterocycles. The highest BCUT2D eigenvalue weighted by Gasteiger charge is 2.34. The van der Waals surface area contributed by atoms with E-state index in [1.54, 1.807) is 7.05 Å². The van der Waals surface area contributed by atoms with E-state index in [9.17, 15) is 13.2 Å². The second kappa shape index (κ2) is 5.66. The quantitative estimate of drug-likeness (QED) is 0.815. The van der Waals surface area contributed by atoms with Crippen LogP contribution in [0.5, 0.6) is 5.75 Å². The summed E-state index contributed by atoms with van der Waals surface area (Å²) in [6, 6.07) is 3.67. The van der Waals surface area contributed by atoms with Crippen LogP contribution in [0.2, 0.25) is 0 Å². The summed E-state index contributed by atoms with van der Waals surface area (Å²) in [5.74, 6) is -0.101. The maximum absolute atomic E-state index is 12.9.